The lowest BCUT2D eigenvalue weighted by molar-refractivity contribution is 0.363. The van der Waals surface area contributed by atoms with E-state index in [0.29, 0.717) is 5.92 Å². The molecule has 1 unspecified atom stereocenters. The van der Waals surface area contributed by atoms with Crippen LogP contribution in [0.4, 0.5) is 0 Å². The average Bonchev–Trinajstić information content (AvgIpc) is 2.04. The topological polar surface area (TPSA) is 3.24 Å². The van der Waals surface area contributed by atoms with Gasteiger partial charge in [0.15, 0.2) is 0 Å². The molecule has 0 fully saturated rings. The van der Waals surface area contributed by atoms with Crippen LogP contribution in [0.2, 0.25) is 0 Å². The van der Waals surface area contributed by atoms with E-state index in [-0.39, 0.29) is 0 Å². The first kappa shape index (κ1) is 10.3. The zero-order chi connectivity index (χ0) is 9.68. The van der Waals surface area contributed by atoms with Crippen LogP contribution in [-0.2, 0) is 0 Å². The standard InChI is InChI=1S/C12H18N/c1-11(10-13(2)3)9-12-7-5-4-6-8-12/h4-9,11H,10H2,1-3H3. The first-order valence-corrected chi connectivity index (χ1v) is 4.73. The van der Waals surface area contributed by atoms with Crippen molar-refractivity contribution in [3.8, 4) is 0 Å². The van der Waals surface area contributed by atoms with Gasteiger partial charge in [-0.15, -0.1) is 0 Å². The Kier molecular flexibility index (Phi) is 3.97. The van der Waals surface area contributed by atoms with Crippen LogP contribution < -0.4 is 0 Å². The van der Waals surface area contributed by atoms with Gasteiger partial charge in [0, 0.05) is 6.54 Å². The summed E-state index contributed by atoms with van der Waals surface area (Å²) in [5, 5.41) is 0. The van der Waals surface area contributed by atoms with Crippen LogP contribution in [0.5, 0.6) is 0 Å². The summed E-state index contributed by atoms with van der Waals surface area (Å²) in [7, 11) is 4.21. The Labute approximate surface area is 81.4 Å². The molecule has 0 aromatic heterocycles. The van der Waals surface area contributed by atoms with Gasteiger partial charge in [0.05, 0.1) is 0 Å². The van der Waals surface area contributed by atoms with Crippen molar-refractivity contribution in [2.75, 3.05) is 20.6 Å². The molecular formula is C12H18N. The fraction of sp³-hybridized carbons (Fsp3) is 0.417. The summed E-state index contributed by atoms with van der Waals surface area (Å²) in [5.41, 5.74) is 1.32. The highest BCUT2D eigenvalue weighted by Gasteiger charge is 2.04. The molecule has 71 valence electrons. The van der Waals surface area contributed by atoms with E-state index in [4.69, 9.17) is 0 Å². The average molecular weight is 176 g/mol. The second-order valence-corrected chi connectivity index (χ2v) is 3.82. The van der Waals surface area contributed by atoms with Gasteiger partial charge in [0.2, 0.25) is 0 Å². The van der Waals surface area contributed by atoms with E-state index in [0.717, 1.165) is 6.54 Å². The third-order valence-corrected chi connectivity index (χ3v) is 1.93. The van der Waals surface area contributed by atoms with E-state index in [1.807, 2.05) is 6.07 Å². The molecule has 1 aromatic rings. The highest BCUT2D eigenvalue weighted by atomic mass is 15.1. The van der Waals surface area contributed by atoms with Crippen LogP contribution >= 0.6 is 0 Å². The number of hydrogen-bond donors (Lipinski definition) is 0. The Hall–Kier alpha value is -0.820. The Balaban J connectivity index is 2.41. The zero-order valence-corrected chi connectivity index (χ0v) is 8.70. The molecule has 0 aliphatic heterocycles. The van der Waals surface area contributed by atoms with Crippen molar-refractivity contribution in [3.05, 3.63) is 42.3 Å². The van der Waals surface area contributed by atoms with E-state index in [1.54, 1.807) is 0 Å². The van der Waals surface area contributed by atoms with Gasteiger partial charge < -0.3 is 4.90 Å². The van der Waals surface area contributed by atoms with Crippen molar-refractivity contribution >= 4 is 0 Å². The minimum Gasteiger partial charge on any atom is -0.309 e. The summed E-state index contributed by atoms with van der Waals surface area (Å²) in [6.07, 6.45) is 2.31. The fourth-order valence-electron chi connectivity index (χ4n) is 1.52. The van der Waals surface area contributed by atoms with E-state index in [1.165, 1.54) is 5.56 Å². The lowest BCUT2D eigenvalue weighted by Crippen LogP contribution is -2.20. The highest BCUT2D eigenvalue weighted by molar-refractivity contribution is 5.23. The fourth-order valence-corrected chi connectivity index (χ4v) is 1.52. The summed E-state index contributed by atoms with van der Waals surface area (Å²) < 4.78 is 0. The molecule has 0 bridgehead atoms. The van der Waals surface area contributed by atoms with Crippen LogP contribution in [0.15, 0.2) is 30.3 Å². The van der Waals surface area contributed by atoms with E-state index in [2.05, 4.69) is 56.6 Å². The predicted octanol–water partition coefficient (Wildman–Crippen LogP) is 2.44. The van der Waals surface area contributed by atoms with Crippen molar-refractivity contribution in [1.29, 1.82) is 0 Å². The molecule has 0 heterocycles. The third-order valence-electron chi connectivity index (χ3n) is 1.93. The molecule has 1 aromatic carbocycles. The molecule has 0 spiro atoms. The van der Waals surface area contributed by atoms with Crippen LogP contribution in [0, 0.1) is 12.3 Å². The minimum absolute atomic E-state index is 0.609. The van der Waals surface area contributed by atoms with Gasteiger partial charge >= 0.3 is 0 Å². The van der Waals surface area contributed by atoms with E-state index < -0.39 is 0 Å². The molecule has 1 heteroatoms. The van der Waals surface area contributed by atoms with Crippen molar-refractivity contribution < 1.29 is 0 Å². The molecule has 1 nitrogen and oxygen atoms in total. The van der Waals surface area contributed by atoms with Crippen molar-refractivity contribution in [1.82, 2.24) is 4.90 Å². The zero-order valence-electron chi connectivity index (χ0n) is 8.70. The van der Waals surface area contributed by atoms with E-state index >= 15 is 0 Å². The normalized spacial score (nSPS) is 13.2. The predicted molar refractivity (Wildman–Crippen MR) is 57.6 cm³/mol. The van der Waals surface area contributed by atoms with E-state index in [9.17, 15) is 0 Å². The van der Waals surface area contributed by atoms with Crippen LogP contribution in [0.25, 0.3) is 0 Å². The maximum atomic E-state index is 2.31. The number of benzene rings is 1. The number of rotatable bonds is 4. The molecule has 0 N–H and O–H groups in total. The Morgan fingerprint density at radius 1 is 1.23 bits per heavy atom. The monoisotopic (exact) mass is 176 g/mol. The molecule has 0 saturated carbocycles. The molecule has 13 heavy (non-hydrogen) atoms. The summed E-state index contributed by atoms with van der Waals surface area (Å²) in [5.74, 6) is 0.609. The SMILES string of the molecule is CC([CH]c1ccccc1)CN(C)C. The van der Waals surface area contributed by atoms with Crippen LogP contribution in [0.3, 0.4) is 0 Å². The van der Waals surface area contributed by atoms with Crippen LogP contribution in [0.1, 0.15) is 12.5 Å². The van der Waals surface area contributed by atoms with Gasteiger partial charge in [-0.05, 0) is 32.0 Å². The van der Waals surface area contributed by atoms with Crippen molar-refractivity contribution in [2.45, 2.75) is 6.92 Å². The molecule has 1 rings (SSSR count). The molecule has 0 aliphatic rings. The molecule has 0 aliphatic carbocycles. The molecular weight excluding hydrogens is 158 g/mol. The van der Waals surface area contributed by atoms with Gasteiger partial charge in [0.25, 0.3) is 0 Å². The summed E-state index contributed by atoms with van der Waals surface area (Å²) >= 11 is 0. The lowest BCUT2D eigenvalue weighted by atomic mass is 10.0. The van der Waals surface area contributed by atoms with Crippen molar-refractivity contribution in [3.63, 3.8) is 0 Å². The Bertz CT molecular complexity index is 228. The third kappa shape index (κ3) is 4.09. The second kappa shape index (κ2) is 5.03. The minimum atomic E-state index is 0.609. The summed E-state index contributed by atoms with van der Waals surface area (Å²) in [6, 6.07) is 10.5. The molecule has 0 amide bonds. The summed E-state index contributed by atoms with van der Waals surface area (Å²) in [4.78, 5) is 2.21. The first-order chi connectivity index (χ1) is 6.18. The van der Waals surface area contributed by atoms with Gasteiger partial charge in [0.1, 0.15) is 0 Å². The maximum Gasteiger partial charge on any atom is 0.000698 e. The van der Waals surface area contributed by atoms with Crippen molar-refractivity contribution in [2.24, 2.45) is 5.92 Å². The Morgan fingerprint density at radius 3 is 2.38 bits per heavy atom. The summed E-state index contributed by atoms with van der Waals surface area (Å²) in [6.45, 7) is 3.35. The molecule has 1 radical (unpaired) electrons. The molecule has 1 atom stereocenters. The van der Waals surface area contributed by atoms with Crippen LogP contribution in [-0.4, -0.2) is 25.5 Å². The first-order valence-electron chi connectivity index (χ1n) is 4.73. The largest absolute Gasteiger partial charge is 0.309 e. The van der Waals surface area contributed by atoms with Gasteiger partial charge in [-0.25, -0.2) is 0 Å². The molecule has 0 saturated heterocycles. The van der Waals surface area contributed by atoms with Gasteiger partial charge in [-0.3, -0.25) is 0 Å². The second-order valence-electron chi connectivity index (χ2n) is 3.82. The number of hydrogen-bond acceptors (Lipinski definition) is 1. The number of nitrogens with zero attached hydrogens (tertiary/aromatic N) is 1. The lowest BCUT2D eigenvalue weighted by Gasteiger charge is -2.16. The smallest absolute Gasteiger partial charge is 0.000698 e. The van der Waals surface area contributed by atoms with Gasteiger partial charge in [-0.2, -0.15) is 0 Å². The highest BCUT2D eigenvalue weighted by Crippen LogP contribution is 2.10. The van der Waals surface area contributed by atoms with Gasteiger partial charge in [-0.1, -0.05) is 37.3 Å². The Morgan fingerprint density at radius 2 is 1.85 bits per heavy atom. The quantitative estimate of drug-likeness (QED) is 0.681. The maximum absolute atomic E-state index is 2.31.